The highest BCUT2D eigenvalue weighted by molar-refractivity contribution is 7.89. The van der Waals surface area contributed by atoms with Gasteiger partial charge in [-0.25, -0.2) is 8.42 Å². The lowest BCUT2D eigenvalue weighted by atomic mass is 10.1. The SMILES string of the molecule is COc1ccc(S(=O)(=O)N2CCOCC2)cc1NC(=O)c1cc2ccccc2cc1OC. The van der Waals surface area contributed by atoms with E-state index in [0.29, 0.717) is 30.3 Å². The van der Waals surface area contributed by atoms with Crippen LogP contribution in [0, 0.1) is 0 Å². The number of methoxy groups -OCH3 is 2. The van der Waals surface area contributed by atoms with Gasteiger partial charge in [-0.15, -0.1) is 0 Å². The molecule has 3 aromatic carbocycles. The first-order valence-corrected chi connectivity index (χ1v) is 11.5. The predicted molar refractivity (Wildman–Crippen MR) is 121 cm³/mol. The maximum absolute atomic E-state index is 13.1. The minimum absolute atomic E-state index is 0.0703. The van der Waals surface area contributed by atoms with Crippen molar-refractivity contribution in [2.75, 3.05) is 45.8 Å². The molecule has 0 atom stereocenters. The molecule has 0 aliphatic carbocycles. The van der Waals surface area contributed by atoms with Crippen molar-refractivity contribution in [1.29, 1.82) is 0 Å². The Morgan fingerprint density at radius 3 is 2.25 bits per heavy atom. The number of amides is 1. The van der Waals surface area contributed by atoms with Gasteiger partial charge in [-0.1, -0.05) is 24.3 Å². The van der Waals surface area contributed by atoms with Gasteiger partial charge in [-0.2, -0.15) is 4.31 Å². The van der Waals surface area contributed by atoms with Gasteiger partial charge < -0.3 is 19.5 Å². The van der Waals surface area contributed by atoms with Crippen molar-refractivity contribution < 1.29 is 27.4 Å². The largest absolute Gasteiger partial charge is 0.496 e. The molecular weight excluding hydrogens is 432 g/mol. The molecular formula is C23H24N2O6S. The summed E-state index contributed by atoms with van der Waals surface area (Å²) < 4.78 is 43.5. The van der Waals surface area contributed by atoms with Crippen molar-refractivity contribution in [3.05, 3.63) is 60.2 Å². The highest BCUT2D eigenvalue weighted by Gasteiger charge is 2.27. The first-order chi connectivity index (χ1) is 15.4. The number of ether oxygens (including phenoxy) is 3. The fourth-order valence-corrected chi connectivity index (χ4v) is 5.07. The highest BCUT2D eigenvalue weighted by Crippen LogP contribution is 2.31. The van der Waals surface area contributed by atoms with E-state index < -0.39 is 15.9 Å². The second-order valence-electron chi connectivity index (χ2n) is 7.23. The molecule has 1 fully saturated rings. The maximum atomic E-state index is 13.1. The molecule has 0 aromatic heterocycles. The lowest BCUT2D eigenvalue weighted by Crippen LogP contribution is -2.40. The minimum Gasteiger partial charge on any atom is -0.496 e. The van der Waals surface area contributed by atoms with Gasteiger partial charge in [-0.05, 0) is 41.1 Å². The Kier molecular flexibility index (Phi) is 6.31. The van der Waals surface area contributed by atoms with Gasteiger partial charge in [0.2, 0.25) is 10.0 Å². The molecule has 1 aliphatic heterocycles. The van der Waals surface area contributed by atoms with E-state index in [1.807, 2.05) is 24.3 Å². The molecule has 0 radical (unpaired) electrons. The number of benzene rings is 3. The lowest BCUT2D eigenvalue weighted by Gasteiger charge is -2.26. The van der Waals surface area contributed by atoms with Gasteiger partial charge in [0.15, 0.2) is 0 Å². The van der Waals surface area contributed by atoms with E-state index in [0.717, 1.165) is 10.8 Å². The van der Waals surface area contributed by atoms with Gasteiger partial charge >= 0.3 is 0 Å². The average molecular weight is 457 g/mol. The van der Waals surface area contributed by atoms with E-state index in [1.165, 1.54) is 36.7 Å². The second kappa shape index (κ2) is 9.15. The van der Waals surface area contributed by atoms with Crippen LogP contribution in [0.4, 0.5) is 5.69 Å². The molecule has 1 heterocycles. The number of morpholine rings is 1. The van der Waals surface area contributed by atoms with E-state index in [-0.39, 0.29) is 23.7 Å². The van der Waals surface area contributed by atoms with Crippen LogP contribution in [0.5, 0.6) is 11.5 Å². The fourth-order valence-electron chi connectivity index (χ4n) is 3.64. The van der Waals surface area contributed by atoms with Gasteiger partial charge in [0.25, 0.3) is 5.91 Å². The summed E-state index contributed by atoms with van der Waals surface area (Å²) in [4.78, 5) is 13.2. The second-order valence-corrected chi connectivity index (χ2v) is 9.17. The van der Waals surface area contributed by atoms with Gasteiger partial charge in [0.1, 0.15) is 11.5 Å². The van der Waals surface area contributed by atoms with Crippen LogP contribution in [0.25, 0.3) is 10.8 Å². The Bertz CT molecular complexity index is 1250. The summed E-state index contributed by atoms with van der Waals surface area (Å²) in [7, 11) is -0.777. The van der Waals surface area contributed by atoms with Crippen LogP contribution in [0.2, 0.25) is 0 Å². The number of sulfonamides is 1. The molecule has 8 nitrogen and oxygen atoms in total. The molecule has 3 aromatic rings. The average Bonchev–Trinajstić information content (AvgIpc) is 2.83. The number of fused-ring (bicyclic) bond motifs is 1. The van der Waals surface area contributed by atoms with E-state index in [4.69, 9.17) is 14.2 Å². The zero-order chi connectivity index (χ0) is 22.7. The molecule has 168 valence electrons. The third kappa shape index (κ3) is 4.27. The van der Waals surface area contributed by atoms with Crippen LogP contribution < -0.4 is 14.8 Å². The Labute approximate surface area is 186 Å². The molecule has 4 rings (SSSR count). The minimum atomic E-state index is -3.73. The molecule has 0 saturated carbocycles. The first kappa shape index (κ1) is 22.1. The summed E-state index contributed by atoms with van der Waals surface area (Å²) in [6, 6.07) is 15.6. The number of carbonyl (C=O) groups is 1. The van der Waals surface area contributed by atoms with Crippen molar-refractivity contribution in [2.24, 2.45) is 0 Å². The van der Waals surface area contributed by atoms with Gasteiger partial charge in [-0.3, -0.25) is 4.79 Å². The summed E-state index contributed by atoms with van der Waals surface area (Å²) in [5, 5.41) is 4.61. The van der Waals surface area contributed by atoms with Crippen LogP contribution in [-0.2, 0) is 14.8 Å². The first-order valence-electron chi connectivity index (χ1n) is 10.1. The lowest BCUT2D eigenvalue weighted by molar-refractivity contribution is 0.0730. The van der Waals surface area contributed by atoms with Crippen molar-refractivity contribution in [1.82, 2.24) is 4.31 Å². The number of hydrogen-bond acceptors (Lipinski definition) is 6. The summed E-state index contributed by atoms with van der Waals surface area (Å²) in [5.74, 6) is 0.322. The van der Waals surface area contributed by atoms with Crippen LogP contribution in [0.15, 0.2) is 59.5 Å². The third-order valence-corrected chi connectivity index (χ3v) is 7.23. The van der Waals surface area contributed by atoms with Gasteiger partial charge in [0.05, 0.1) is 43.6 Å². The molecule has 0 bridgehead atoms. The Balaban J connectivity index is 1.69. The Morgan fingerprint density at radius 2 is 1.59 bits per heavy atom. The Morgan fingerprint density at radius 1 is 0.938 bits per heavy atom. The number of anilines is 1. The number of hydrogen-bond donors (Lipinski definition) is 1. The molecule has 1 aliphatic rings. The standard InChI is InChI=1S/C23H24N2O6S/c1-29-21-8-7-18(32(27,28)25-9-11-31-12-10-25)15-20(21)24-23(26)19-13-16-5-3-4-6-17(16)14-22(19)30-2/h3-8,13-15H,9-12H2,1-2H3,(H,24,26). The van der Waals surface area contributed by atoms with Crippen LogP contribution in [-0.4, -0.2) is 59.2 Å². The van der Waals surface area contributed by atoms with Crippen LogP contribution >= 0.6 is 0 Å². The normalized spacial score (nSPS) is 14.8. The number of nitrogens with one attached hydrogen (secondary N) is 1. The molecule has 1 amide bonds. The molecule has 0 spiro atoms. The molecule has 32 heavy (non-hydrogen) atoms. The van der Waals surface area contributed by atoms with Crippen molar-refractivity contribution in [2.45, 2.75) is 4.90 Å². The molecule has 1 N–H and O–H groups in total. The summed E-state index contributed by atoms with van der Waals surface area (Å²) in [6.07, 6.45) is 0. The van der Waals surface area contributed by atoms with Crippen LogP contribution in [0.1, 0.15) is 10.4 Å². The topological polar surface area (TPSA) is 94.2 Å². The number of rotatable bonds is 6. The van der Waals surface area contributed by atoms with E-state index in [2.05, 4.69) is 5.32 Å². The van der Waals surface area contributed by atoms with Crippen molar-refractivity contribution >= 4 is 32.4 Å². The third-order valence-electron chi connectivity index (χ3n) is 5.34. The van der Waals surface area contributed by atoms with Crippen LogP contribution in [0.3, 0.4) is 0 Å². The van der Waals surface area contributed by atoms with Crippen molar-refractivity contribution in [3.63, 3.8) is 0 Å². The van der Waals surface area contributed by atoms with E-state index >= 15 is 0 Å². The Hall–Kier alpha value is -3.14. The fraction of sp³-hybridized carbons (Fsp3) is 0.261. The number of carbonyl (C=O) groups excluding carboxylic acids is 1. The maximum Gasteiger partial charge on any atom is 0.259 e. The van der Waals surface area contributed by atoms with E-state index in [1.54, 1.807) is 12.1 Å². The molecule has 0 unspecified atom stereocenters. The predicted octanol–water partition coefficient (Wildman–Crippen LogP) is 3.13. The molecule has 9 heteroatoms. The smallest absolute Gasteiger partial charge is 0.259 e. The van der Waals surface area contributed by atoms with Gasteiger partial charge in [0, 0.05) is 13.1 Å². The molecule has 1 saturated heterocycles. The highest BCUT2D eigenvalue weighted by atomic mass is 32.2. The number of nitrogens with zero attached hydrogens (tertiary/aromatic N) is 1. The zero-order valence-corrected chi connectivity index (χ0v) is 18.6. The quantitative estimate of drug-likeness (QED) is 0.613. The van der Waals surface area contributed by atoms with E-state index in [9.17, 15) is 13.2 Å². The monoisotopic (exact) mass is 456 g/mol. The zero-order valence-electron chi connectivity index (χ0n) is 17.8. The summed E-state index contributed by atoms with van der Waals surface area (Å²) >= 11 is 0. The summed E-state index contributed by atoms with van der Waals surface area (Å²) in [5.41, 5.74) is 0.580. The summed E-state index contributed by atoms with van der Waals surface area (Å²) in [6.45, 7) is 1.26. The van der Waals surface area contributed by atoms with Crippen molar-refractivity contribution in [3.8, 4) is 11.5 Å².